The Hall–Kier alpha value is -1.18. The molecule has 0 aromatic rings. The van der Waals surface area contributed by atoms with E-state index in [0.717, 1.165) is 44.9 Å². The zero-order valence-corrected chi connectivity index (χ0v) is 43.6. The van der Waals surface area contributed by atoms with Gasteiger partial charge in [-0.2, -0.15) is 0 Å². The first-order chi connectivity index (χ1) is 32.5. The van der Waals surface area contributed by atoms with E-state index in [4.69, 9.17) is 18.5 Å². The van der Waals surface area contributed by atoms with Crippen LogP contribution in [-0.4, -0.2) is 98.9 Å². The predicted octanol–water partition coefficient (Wildman–Crippen LogP) is 12.8. The van der Waals surface area contributed by atoms with Crippen LogP contribution in [0.2, 0.25) is 0 Å². The fraction of sp³-hybridized carbons (Fsp3) is 0.907. The first-order valence-corrected chi connectivity index (χ1v) is 29.2. The van der Waals surface area contributed by atoms with Gasteiger partial charge in [-0.25, -0.2) is 4.57 Å². The molecule has 1 aliphatic rings. The Kier molecular flexibility index (Phi) is 42.6. The van der Waals surface area contributed by atoms with Crippen LogP contribution in [0.25, 0.3) is 0 Å². The minimum Gasteiger partial charge on any atom is -0.457 e. The van der Waals surface area contributed by atoms with Crippen LogP contribution < -0.4 is 0 Å². The number of phosphoric acid groups is 1. The lowest BCUT2D eigenvalue weighted by molar-refractivity contribution is -0.220. The second kappa shape index (κ2) is 44.7. The van der Waals surface area contributed by atoms with E-state index in [-0.39, 0.29) is 13.0 Å². The van der Waals surface area contributed by atoms with Gasteiger partial charge in [-0.15, -0.1) is 0 Å². The van der Waals surface area contributed by atoms with Crippen molar-refractivity contribution in [3.63, 3.8) is 0 Å². The van der Waals surface area contributed by atoms with Crippen molar-refractivity contribution in [2.24, 2.45) is 0 Å². The van der Waals surface area contributed by atoms with E-state index < -0.39 is 63.1 Å². The molecule has 1 saturated carbocycles. The molecule has 12 nitrogen and oxygen atoms in total. The minimum absolute atomic E-state index is 0.0741. The number of hydrogen-bond donors (Lipinski definition) is 6. The molecule has 396 valence electrons. The summed E-state index contributed by atoms with van der Waals surface area (Å²) in [4.78, 5) is 23.3. The highest BCUT2D eigenvalue weighted by Gasteiger charge is 2.51. The third-order valence-electron chi connectivity index (χ3n) is 13.1. The van der Waals surface area contributed by atoms with Crippen LogP contribution in [0.4, 0.5) is 0 Å². The molecule has 0 aliphatic heterocycles. The highest BCUT2D eigenvalue weighted by atomic mass is 31.2. The molecule has 13 heteroatoms. The molecule has 0 radical (unpaired) electrons. The average Bonchev–Trinajstić information content (AvgIpc) is 3.31. The van der Waals surface area contributed by atoms with E-state index >= 15 is 0 Å². The highest BCUT2D eigenvalue weighted by Crippen LogP contribution is 2.47. The normalized spacial score (nSPS) is 21.4. The van der Waals surface area contributed by atoms with Crippen molar-refractivity contribution in [1.29, 1.82) is 0 Å². The number of rotatable bonds is 48. The van der Waals surface area contributed by atoms with Crippen molar-refractivity contribution in [1.82, 2.24) is 0 Å². The Morgan fingerprint density at radius 3 is 1.28 bits per heavy atom. The number of allylic oxidation sites excluding steroid dienone is 4. The van der Waals surface area contributed by atoms with Crippen LogP contribution in [0.3, 0.4) is 0 Å². The van der Waals surface area contributed by atoms with Crippen LogP contribution in [0.15, 0.2) is 24.3 Å². The van der Waals surface area contributed by atoms with Crippen molar-refractivity contribution in [2.75, 3.05) is 19.8 Å². The van der Waals surface area contributed by atoms with Gasteiger partial charge in [0.25, 0.3) is 0 Å². The molecule has 1 rings (SSSR count). The largest absolute Gasteiger partial charge is 0.472 e. The topological polar surface area (TPSA) is 192 Å². The van der Waals surface area contributed by atoms with Crippen LogP contribution in [0.5, 0.6) is 0 Å². The van der Waals surface area contributed by atoms with Gasteiger partial charge < -0.3 is 39.9 Å². The SMILES string of the molecule is CCCCC/C=C\C/C=C\CCCCCCCCCCCCOCC(COP(=O)(O)OC1C(O)C(O)C(O)C(O)C1O)OC(=O)CCCCCCCCCCCCCCCCCCCCCC. The van der Waals surface area contributed by atoms with Gasteiger partial charge in [0, 0.05) is 13.0 Å². The average molecular weight is 975 g/mol. The molecule has 0 bridgehead atoms. The van der Waals surface area contributed by atoms with Gasteiger partial charge in [0.15, 0.2) is 0 Å². The lowest BCUT2D eigenvalue weighted by Crippen LogP contribution is -2.64. The van der Waals surface area contributed by atoms with E-state index in [1.165, 1.54) is 180 Å². The summed E-state index contributed by atoms with van der Waals surface area (Å²) in [5.74, 6) is -0.472. The van der Waals surface area contributed by atoms with Gasteiger partial charge in [-0.1, -0.05) is 224 Å². The molecule has 67 heavy (non-hydrogen) atoms. The molecule has 1 aliphatic carbocycles. The third-order valence-corrected chi connectivity index (χ3v) is 14.1. The maximum absolute atomic E-state index is 12.9. The molecular weight excluding hydrogens is 872 g/mol. The molecule has 6 N–H and O–H groups in total. The van der Waals surface area contributed by atoms with E-state index in [9.17, 15) is 39.8 Å². The predicted molar refractivity (Wildman–Crippen MR) is 272 cm³/mol. The number of aliphatic hydroxyl groups is 5. The van der Waals surface area contributed by atoms with E-state index in [2.05, 4.69) is 38.2 Å². The number of phosphoric ester groups is 1. The Balaban J connectivity index is 2.30. The van der Waals surface area contributed by atoms with Crippen LogP contribution in [0.1, 0.15) is 251 Å². The monoisotopic (exact) mass is 975 g/mol. The Labute approximate surface area is 409 Å². The van der Waals surface area contributed by atoms with Crippen molar-refractivity contribution in [3.05, 3.63) is 24.3 Å². The molecule has 1 fully saturated rings. The minimum atomic E-state index is -5.02. The number of unbranched alkanes of at least 4 members (excludes halogenated alkanes) is 32. The number of carbonyl (C=O) groups is 1. The molecule has 0 aromatic carbocycles. The van der Waals surface area contributed by atoms with Crippen molar-refractivity contribution in [3.8, 4) is 0 Å². The molecule has 6 unspecified atom stereocenters. The smallest absolute Gasteiger partial charge is 0.457 e. The Bertz CT molecular complexity index is 1200. The van der Waals surface area contributed by atoms with E-state index in [1.54, 1.807) is 0 Å². The summed E-state index contributed by atoms with van der Waals surface area (Å²) in [5, 5.41) is 50.4. The summed E-state index contributed by atoms with van der Waals surface area (Å²) in [6.45, 7) is 4.28. The summed E-state index contributed by atoms with van der Waals surface area (Å²) < 4.78 is 34.4. The third kappa shape index (κ3) is 36.4. The summed E-state index contributed by atoms with van der Waals surface area (Å²) >= 11 is 0. The molecular formula is C54H103O12P. The fourth-order valence-electron chi connectivity index (χ4n) is 8.68. The van der Waals surface area contributed by atoms with E-state index in [0.29, 0.717) is 13.0 Å². The first-order valence-electron chi connectivity index (χ1n) is 27.7. The second-order valence-corrected chi connectivity index (χ2v) is 20.8. The van der Waals surface area contributed by atoms with Gasteiger partial charge >= 0.3 is 13.8 Å². The van der Waals surface area contributed by atoms with Crippen LogP contribution >= 0.6 is 7.82 Å². The molecule has 0 spiro atoms. The Morgan fingerprint density at radius 1 is 0.478 bits per heavy atom. The number of aliphatic hydroxyl groups excluding tert-OH is 5. The summed E-state index contributed by atoms with van der Waals surface area (Å²) in [7, 11) is -5.02. The van der Waals surface area contributed by atoms with Gasteiger partial charge in [0.1, 0.15) is 42.7 Å². The number of ether oxygens (including phenoxy) is 2. The fourth-order valence-corrected chi connectivity index (χ4v) is 9.66. The molecule has 0 aromatic heterocycles. The van der Waals surface area contributed by atoms with Crippen molar-refractivity contribution in [2.45, 2.75) is 294 Å². The zero-order chi connectivity index (χ0) is 49.1. The van der Waals surface area contributed by atoms with Gasteiger partial charge in [-0.3, -0.25) is 13.8 Å². The first kappa shape index (κ1) is 63.8. The summed E-state index contributed by atoms with van der Waals surface area (Å²) in [6, 6.07) is 0. The van der Waals surface area contributed by atoms with Crippen LogP contribution in [0, 0.1) is 0 Å². The van der Waals surface area contributed by atoms with Gasteiger partial charge in [-0.05, 0) is 44.9 Å². The molecule has 0 amide bonds. The Morgan fingerprint density at radius 2 is 0.836 bits per heavy atom. The summed E-state index contributed by atoms with van der Waals surface area (Å²) in [5.41, 5.74) is 0. The summed E-state index contributed by atoms with van der Waals surface area (Å²) in [6.07, 6.45) is 41.0. The van der Waals surface area contributed by atoms with Gasteiger partial charge in [0.2, 0.25) is 0 Å². The standard InChI is InChI=1S/C54H103O12P/c1-3-5-7-9-11-13-15-17-19-21-23-25-27-29-31-33-35-37-39-41-43-48(55)65-47(46-64-67(61,62)66-54-52(59)50(57)49(56)51(58)53(54)60)45-63-44-42-40-38-36-34-32-30-28-26-24-22-20-18-16-14-12-10-8-6-4-2/h12,14,18,20,47,49-54,56-60H,3-11,13,15-17,19,21-46H2,1-2H3,(H,61,62)/b14-12-,20-18-. The molecule has 0 heterocycles. The quantitative estimate of drug-likeness (QED) is 0.0147. The molecule has 0 saturated heterocycles. The lowest BCUT2D eigenvalue weighted by atomic mass is 9.85. The van der Waals surface area contributed by atoms with E-state index in [1.807, 2.05) is 0 Å². The maximum Gasteiger partial charge on any atom is 0.472 e. The molecule has 6 atom stereocenters. The number of esters is 1. The van der Waals surface area contributed by atoms with Crippen molar-refractivity contribution < 1.29 is 58.3 Å². The second-order valence-electron chi connectivity index (χ2n) is 19.4. The highest BCUT2D eigenvalue weighted by molar-refractivity contribution is 7.47. The number of hydrogen-bond acceptors (Lipinski definition) is 11. The van der Waals surface area contributed by atoms with Gasteiger partial charge in [0.05, 0.1) is 13.2 Å². The number of carbonyl (C=O) groups excluding carboxylic acids is 1. The maximum atomic E-state index is 12.9. The zero-order valence-electron chi connectivity index (χ0n) is 42.7. The lowest BCUT2D eigenvalue weighted by Gasteiger charge is -2.41. The van der Waals surface area contributed by atoms with Crippen molar-refractivity contribution >= 4 is 13.8 Å². The van der Waals surface area contributed by atoms with Crippen LogP contribution in [-0.2, 0) is 27.9 Å².